The molecule has 0 unspecified atom stereocenters. The van der Waals surface area contributed by atoms with E-state index in [-0.39, 0.29) is 113 Å². The quantitative estimate of drug-likeness (QED) is 0.00817. The molecule has 0 radical (unpaired) electrons. The number of carbonyl (C=O) groups excluding carboxylic acids is 6. The third-order valence-electron chi connectivity index (χ3n) is 13.6. The summed E-state index contributed by atoms with van der Waals surface area (Å²) in [7, 11) is 0. The average Bonchev–Trinajstić information content (AvgIpc) is 0.827. The van der Waals surface area contributed by atoms with Gasteiger partial charge in [-0.1, -0.05) is 48.5 Å². The van der Waals surface area contributed by atoms with Gasteiger partial charge in [-0.3, -0.25) is 54.8 Å². The first-order valence-corrected chi connectivity index (χ1v) is 29.6. The molecular weight excluding hydrogens is 1300 g/mol. The SMILES string of the molecule is CCOC(=O)c1cc(N(Cc2ccc([N+](=O)[O-])cc2)C(C)=O)ccc1O.CCOC(=O)c1cc(N(Cc2ccc([N+](=O)[O-])cc2)C(C)=O)ccc1OC(C)=O.CCOC(=O)c1cc(NCc2ccc([N+](=O)[O-])cc2)ccc1O.O=C(O)c1cc(NCc2ccc([N+](=O)[O-])cc2)ccc1O. The first-order valence-electron chi connectivity index (χ1n) is 29.6. The number of hydrogen-bond acceptors (Lipinski definition) is 24. The molecule has 0 aliphatic rings. The maximum Gasteiger partial charge on any atom is 0.342 e. The van der Waals surface area contributed by atoms with E-state index in [1.165, 1.54) is 140 Å². The molecule has 8 aromatic rings. The largest absolute Gasteiger partial charge is 0.507 e. The van der Waals surface area contributed by atoms with Gasteiger partial charge in [0.25, 0.3) is 22.7 Å². The molecule has 0 saturated heterocycles. The van der Waals surface area contributed by atoms with Gasteiger partial charge in [0.05, 0.1) is 52.6 Å². The normalized spacial score (nSPS) is 10.2. The first kappa shape index (κ1) is 76.4. The van der Waals surface area contributed by atoms with E-state index in [0.29, 0.717) is 47.0 Å². The van der Waals surface area contributed by atoms with Gasteiger partial charge in [0.15, 0.2) is 0 Å². The smallest absolute Gasteiger partial charge is 0.342 e. The first-order chi connectivity index (χ1) is 47.0. The molecule has 0 fully saturated rings. The number of carbonyl (C=O) groups is 7. The number of amides is 2. The van der Waals surface area contributed by atoms with Crippen molar-refractivity contribution < 1.29 is 92.6 Å². The number of carboxylic acid groups (broad SMARTS) is 1. The number of carboxylic acids is 1. The monoisotopic (exact) mass is 1360 g/mol. The van der Waals surface area contributed by atoms with Crippen LogP contribution < -0.4 is 25.2 Å². The van der Waals surface area contributed by atoms with Gasteiger partial charge < -0.3 is 59.8 Å². The number of phenolic OH excluding ortho intramolecular Hbond substituents is 2. The van der Waals surface area contributed by atoms with E-state index in [0.717, 1.165) is 11.1 Å². The molecule has 2 amide bonds. The van der Waals surface area contributed by atoms with E-state index in [1.807, 2.05) is 0 Å². The highest BCUT2D eigenvalue weighted by Crippen LogP contribution is 2.31. The number of benzene rings is 8. The lowest BCUT2D eigenvalue weighted by molar-refractivity contribution is -0.385. The lowest BCUT2D eigenvalue weighted by Crippen LogP contribution is -2.28. The van der Waals surface area contributed by atoms with Crippen molar-refractivity contribution in [3.05, 3.63) is 255 Å². The maximum atomic E-state index is 12.3. The standard InChI is InChI=1S/C20H20N2O7.C18H18N2O6.C16H16N2O5.C14H12N2O5/c1-4-28-20(25)18-11-17(9-10-19(18)29-14(3)24)21(13(2)23)12-15-5-7-16(8-6-15)22(26)27;1-3-26-18(23)16-10-15(8-9-17(16)22)19(12(2)21)11-13-4-6-14(7-5-13)20(24)25;1-2-23-16(20)14-9-12(5-8-15(14)19)17-10-11-3-6-13(7-4-11)18(21)22;17-13-6-3-10(7-12(13)14(18)19)15-8-9-1-4-11(5-2-9)16(20)21/h5-11H,4,12H2,1-3H3;4-10,22H,3,11H2,1-2H3;3-9,17,19H,2,10H2,1H3;1-7,15,17H,8H2,(H,18,19). The van der Waals surface area contributed by atoms with E-state index >= 15 is 0 Å². The second kappa shape index (κ2) is 36.9. The minimum absolute atomic E-state index is 0.00880. The number of phenols is 3. The molecule has 8 aromatic carbocycles. The number of aromatic hydroxyl groups is 3. The van der Waals surface area contributed by atoms with Crippen LogP contribution in [0.2, 0.25) is 0 Å². The predicted octanol–water partition coefficient (Wildman–Crippen LogP) is 12.0. The molecule has 31 heteroatoms. The molecule has 516 valence electrons. The van der Waals surface area contributed by atoms with Crippen molar-refractivity contribution in [1.29, 1.82) is 0 Å². The molecule has 0 spiro atoms. The summed E-state index contributed by atoms with van der Waals surface area (Å²) in [5, 5.41) is 86.6. The molecule has 0 atom stereocenters. The van der Waals surface area contributed by atoms with Crippen molar-refractivity contribution in [1.82, 2.24) is 0 Å². The zero-order chi connectivity index (χ0) is 73.0. The lowest BCUT2D eigenvalue weighted by Gasteiger charge is -2.22. The fourth-order valence-corrected chi connectivity index (χ4v) is 8.66. The zero-order valence-electron chi connectivity index (χ0n) is 53.8. The Morgan fingerprint density at radius 2 is 0.707 bits per heavy atom. The number of nitro benzene ring substituents is 4. The second-order valence-corrected chi connectivity index (χ2v) is 20.5. The molecule has 0 aliphatic heterocycles. The Balaban J connectivity index is 0.000000240. The molecule has 0 bridgehead atoms. The minimum Gasteiger partial charge on any atom is -0.507 e. The van der Waals surface area contributed by atoms with Gasteiger partial charge in [0.2, 0.25) is 11.8 Å². The fraction of sp³-hybridized carbons (Fsp3) is 0.191. The van der Waals surface area contributed by atoms with Crippen molar-refractivity contribution >= 4 is 87.2 Å². The molecule has 0 aliphatic carbocycles. The third-order valence-corrected chi connectivity index (χ3v) is 13.6. The number of nitro groups is 4. The highest BCUT2D eigenvalue weighted by atomic mass is 16.6. The lowest BCUT2D eigenvalue weighted by atomic mass is 10.1. The van der Waals surface area contributed by atoms with Crippen molar-refractivity contribution in [2.75, 3.05) is 40.3 Å². The van der Waals surface area contributed by atoms with Crippen LogP contribution in [0.4, 0.5) is 45.5 Å². The van der Waals surface area contributed by atoms with Crippen LogP contribution in [0.1, 0.15) is 105 Å². The van der Waals surface area contributed by atoms with E-state index in [9.17, 15) is 89.3 Å². The van der Waals surface area contributed by atoms with Crippen LogP contribution in [0.5, 0.6) is 23.0 Å². The van der Waals surface area contributed by atoms with Crippen LogP contribution in [0.15, 0.2) is 170 Å². The van der Waals surface area contributed by atoms with Crippen molar-refractivity contribution in [3.8, 4) is 23.0 Å². The van der Waals surface area contributed by atoms with E-state index in [1.54, 1.807) is 81.4 Å². The number of aromatic carboxylic acids is 1. The number of non-ortho nitro benzene ring substituents is 4. The number of esters is 4. The Morgan fingerprint density at radius 1 is 0.404 bits per heavy atom. The molecule has 99 heavy (non-hydrogen) atoms. The summed E-state index contributed by atoms with van der Waals surface area (Å²) >= 11 is 0. The Kier molecular flexibility index (Phi) is 28.5. The van der Waals surface area contributed by atoms with Crippen molar-refractivity contribution in [2.45, 2.75) is 67.7 Å². The number of ether oxygens (including phenoxy) is 4. The third kappa shape index (κ3) is 23.3. The Hall–Kier alpha value is -13.4. The highest BCUT2D eigenvalue weighted by molar-refractivity contribution is 5.99. The van der Waals surface area contributed by atoms with Crippen LogP contribution in [0.25, 0.3) is 0 Å². The molecule has 0 aromatic heterocycles. The van der Waals surface area contributed by atoms with Gasteiger partial charge in [-0.25, -0.2) is 19.2 Å². The number of nitrogens with one attached hydrogen (secondary N) is 2. The van der Waals surface area contributed by atoms with Crippen LogP contribution in [0.3, 0.4) is 0 Å². The maximum absolute atomic E-state index is 12.3. The van der Waals surface area contributed by atoms with E-state index < -0.39 is 49.5 Å². The Morgan fingerprint density at radius 3 is 1.04 bits per heavy atom. The average molecular weight is 1360 g/mol. The van der Waals surface area contributed by atoms with Crippen LogP contribution in [-0.4, -0.2) is 102 Å². The molecular formula is C68H66N8O23. The minimum atomic E-state index is -1.22. The summed E-state index contributed by atoms with van der Waals surface area (Å²) in [6.07, 6.45) is 0. The van der Waals surface area contributed by atoms with Gasteiger partial charge >= 0.3 is 29.8 Å². The summed E-state index contributed by atoms with van der Waals surface area (Å²) in [6, 6.07) is 41.1. The summed E-state index contributed by atoms with van der Waals surface area (Å²) < 4.78 is 19.8. The number of rotatable bonds is 24. The Labute approximate surface area is 563 Å². The van der Waals surface area contributed by atoms with Gasteiger partial charge in [-0.15, -0.1) is 0 Å². The summed E-state index contributed by atoms with van der Waals surface area (Å²) in [5.41, 5.74) is 4.74. The van der Waals surface area contributed by atoms with Crippen molar-refractivity contribution in [3.63, 3.8) is 0 Å². The molecule has 8 rings (SSSR count). The van der Waals surface area contributed by atoms with Crippen LogP contribution >= 0.6 is 0 Å². The van der Waals surface area contributed by atoms with Crippen LogP contribution in [0, 0.1) is 40.5 Å². The van der Waals surface area contributed by atoms with E-state index in [4.69, 9.17) is 24.1 Å². The highest BCUT2D eigenvalue weighted by Gasteiger charge is 2.23. The van der Waals surface area contributed by atoms with E-state index in [2.05, 4.69) is 10.6 Å². The van der Waals surface area contributed by atoms with Gasteiger partial charge in [0, 0.05) is 105 Å². The second-order valence-electron chi connectivity index (χ2n) is 20.5. The summed E-state index contributed by atoms with van der Waals surface area (Å²) in [4.78, 5) is 126. The summed E-state index contributed by atoms with van der Waals surface area (Å²) in [6.45, 7) is 10.5. The fourth-order valence-electron chi connectivity index (χ4n) is 8.66. The predicted molar refractivity (Wildman–Crippen MR) is 358 cm³/mol. The molecule has 31 nitrogen and oxygen atoms in total. The van der Waals surface area contributed by atoms with Crippen molar-refractivity contribution in [2.24, 2.45) is 0 Å². The molecule has 0 saturated carbocycles. The van der Waals surface area contributed by atoms with Crippen LogP contribution in [-0.2, 0) is 54.8 Å². The van der Waals surface area contributed by atoms with Gasteiger partial charge in [0.1, 0.15) is 45.3 Å². The Bertz CT molecular complexity index is 4250. The number of nitrogens with zero attached hydrogens (tertiary/aromatic N) is 6. The summed E-state index contributed by atoms with van der Waals surface area (Å²) in [5.74, 6) is -5.05. The van der Waals surface area contributed by atoms with Gasteiger partial charge in [-0.2, -0.15) is 0 Å². The topological polar surface area (TPSA) is 440 Å². The zero-order valence-corrected chi connectivity index (χ0v) is 53.8. The molecule has 6 N–H and O–H groups in total. The number of anilines is 4. The van der Waals surface area contributed by atoms with Gasteiger partial charge in [-0.05, 0) is 116 Å². The number of hydrogen-bond donors (Lipinski definition) is 6. The molecule has 0 heterocycles.